The average Bonchev–Trinajstić information content (AvgIpc) is 3.32. The first kappa shape index (κ1) is 18.3. The van der Waals surface area contributed by atoms with E-state index >= 15 is 0 Å². The van der Waals surface area contributed by atoms with Crippen LogP contribution >= 0.6 is 23.5 Å². The molecule has 1 aliphatic heterocycles. The molecule has 1 fully saturated rings. The maximum atomic E-state index is 11.7. The molecule has 1 aliphatic rings. The molecule has 0 saturated carbocycles. The second kappa shape index (κ2) is 8.77. The quantitative estimate of drug-likeness (QED) is 0.437. The zero-order valence-electron chi connectivity index (χ0n) is 13.5. The van der Waals surface area contributed by atoms with Crippen molar-refractivity contribution in [2.75, 3.05) is 18.1 Å². The third-order valence-electron chi connectivity index (χ3n) is 3.32. The Balaban J connectivity index is 1.43. The summed E-state index contributed by atoms with van der Waals surface area (Å²) in [4.78, 5) is 21.5. The van der Waals surface area contributed by atoms with E-state index in [1.165, 1.54) is 35.4 Å². The first-order valence-corrected chi connectivity index (χ1v) is 9.73. The number of ether oxygens (including phenoxy) is 1. The fraction of sp³-hybridized carbons (Fsp3) is 0.250. The van der Waals surface area contributed by atoms with Crippen molar-refractivity contribution in [1.82, 2.24) is 5.43 Å². The van der Waals surface area contributed by atoms with Crippen LogP contribution < -0.4 is 10.2 Å². The molecule has 1 saturated heterocycles. The van der Waals surface area contributed by atoms with E-state index in [2.05, 4.69) is 10.5 Å². The van der Waals surface area contributed by atoms with Crippen molar-refractivity contribution in [3.8, 4) is 5.75 Å². The van der Waals surface area contributed by atoms with Gasteiger partial charge in [0.1, 0.15) is 10.7 Å². The smallest absolute Gasteiger partial charge is 0.433 e. The molecule has 0 spiro atoms. The van der Waals surface area contributed by atoms with Gasteiger partial charge in [0.2, 0.25) is 0 Å². The standard InChI is InChI=1S/C16H15N3O5S2/c20-14(18-17-9-13-5-6-15(24-13)19(21)22)10-23-12-3-1-11(2-4-12)16-25-7-8-26-16/h1-6,9,16H,7-8,10H2,(H,18,20)/b17-9-. The molecule has 1 aromatic carbocycles. The van der Waals surface area contributed by atoms with Crippen molar-refractivity contribution < 1.29 is 18.9 Å². The molecular formula is C16H15N3O5S2. The zero-order valence-corrected chi connectivity index (χ0v) is 15.1. The fourth-order valence-corrected chi connectivity index (χ4v) is 4.99. The summed E-state index contributed by atoms with van der Waals surface area (Å²) in [5.41, 5.74) is 3.51. The van der Waals surface area contributed by atoms with Crippen LogP contribution in [0.2, 0.25) is 0 Å². The lowest BCUT2D eigenvalue weighted by Gasteiger charge is -2.09. The Bertz CT molecular complexity index is 800. The third-order valence-corrected chi connectivity index (χ3v) is 6.42. The molecule has 0 unspecified atom stereocenters. The molecule has 1 aromatic heterocycles. The first-order chi connectivity index (χ1) is 12.6. The number of thioether (sulfide) groups is 2. The summed E-state index contributed by atoms with van der Waals surface area (Å²) in [5, 5.41) is 14.2. The second-order valence-electron chi connectivity index (χ2n) is 5.16. The van der Waals surface area contributed by atoms with Crippen LogP contribution in [-0.4, -0.2) is 35.2 Å². The molecule has 2 aromatic rings. The van der Waals surface area contributed by atoms with Crippen molar-refractivity contribution in [1.29, 1.82) is 0 Å². The van der Waals surface area contributed by atoms with Crippen LogP contribution in [0.4, 0.5) is 5.88 Å². The number of nitrogens with zero attached hydrogens (tertiary/aromatic N) is 2. The number of carbonyl (C=O) groups is 1. The Hall–Kier alpha value is -2.46. The Morgan fingerprint density at radius 1 is 1.31 bits per heavy atom. The number of rotatable bonds is 7. The fourth-order valence-electron chi connectivity index (χ4n) is 2.13. The molecule has 1 amide bonds. The zero-order chi connectivity index (χ0) is 18.4. The van der Waals surface area contributed by atoms with Gasteiger partial charge < -0.3 is 9.15 Å². The van der Waals surface area contributed by atoms with Gasteiger partial charge in [0.05, 0.1) is 16.9 Å². The summed E-state index contributed by atoms with van der Waals surface area (Å²) in [6, 6.07) is 10.3. The molecule has 2 heterocycles. The summed E-state index contributed by atoms with van der Waals surface area (Å²) >= 11 is 3.85. The highest BCUT2D eigenvalue weighted by molar-refractivity contribution is 8.19. The Kier molecular flexibility index (Phi) is 6.18. The largest absolute Gasteiger partial charge is 0.484 e. The van der Waals surface area contributed by atoms with Gasteiger partial charge in [-0.1, -0.05) is 12.1 Å². The molecule has 26 heavy (non-hydrogen) atoms. The predicted molar refractivity (Wildman–Crippen MR) is 101 cm³/mol. The molecule has 1 N–H and O–H groups in total. The molecule has 8 nitrogen and oxygen atoms in total. The maximum Gasteiger partial charge on any atom is 0.433 e. The van der Waals surface area contributed by atoms with Crippen LogP contribution in [0.5, 0.6) is 5.75 Å². The topological polar surface area (TPSA) is 107 Å². The summed E-state index contributed by atoms with van der Waals surface area (Å²) in [7, 11) is 0. The molecule has 10 heteroatoms. The van der Waals surface area contributed by atoms with Gasteiger partial charge in [-0.25, -0.2) is 5.43 Å². The minimum atomic E-state index is -0.654. The van der Waals surface area contributed by atoms with Crippen LogP contribution in [0.15, 0.2) is 45.9 Å². The van der Waals surface area contributed by atoms with Gasteiger partial charge in [-0.2, -0.15) is 5.10 Å². The van der Waals surface area contributed by atoms with E-state index in [0.29, 0.717) is 10.3 Å². The van der Waals surface area contributed by atoms with Gasteiger partial charge in [-0.05, 0) is 23.8 Å². The first-order valence-electron chi connectivity index (χ1n) is 7.64. The molecule has 136 valence electrons. The molecule has 3 rings (SSSR count). The average molecular weight is 393 g/mol. The van der Waals surface area contributed by atoms with Gasteiger partial charge >= 0.3 is 5.88 Å². The van der Waals surface area contributed by atoms with E-state index in [-0.39, 0.29) is 18.3 Å². The maximum absolute atomic E-state index is 11.7. The third kappa shape index (κ3) is 5.02. The number of nitro groups is 1. The van der Waals surface area contributed by atoms with E-state index < -0.39 is 10.8 Å². The number of amides is 1. The summed E-state index contributed by atoms with van der Waals surface area (Å²) in [5.74, 6) is 2.25. The van der Waals surface area contributed by atoms with E-state index in [4.69, 9.17) is 9.15 Å². The van der Waals surface area contributed by atoms with Crippen molar-refractivity contribution in [2.24, 2.45) is 5.10 Å². The van der Waals surface area contributed by atoms with E-state index in [1.807, 2.05) is 47.8 Å². The monoisotopic (exact) mass is 393 g/mol. The highest BCUT2D eigenvalue weighted by Gasteiger charge is 2.18. The van der Waals surface area contributed by atoms with Gasteiger partial charge in [0, 0.05) is 11.5 Å². The number of furan rings is 1. The van der Waals surface area contributed by atoms with Crippen molar-refractivity contribution >= 4 is 41.5 Å². The van der Waals surface area contributed by atoms with Crippen LogP contribution in [0, 0.1) is 10.1 Å². The number of nitrogens with one attached hydrogen (secondary N) is 1. The summed E-state index contributed by atoms with van der Waals surface area (Å²) < 4.78 is 10.8. The van der Waals surface area contributed by atoms with Crippen LogP contribution in [-0.2, 0) is 4.79 Å². The normalized spacial score (nSPS) is 14.6. The summed E-state index contributed by atoms with van der Waals surface area (Å²) in [6.45, 7) is -0.193. The molecule has 0 radical (unpaired) electrons. The van der Waals surface area contributed by atoms with Crippen LogP contribution in [0.3, 0.4) is 0 Å². The van der Waals surface area contributed by atoms with Crippen molar-refractivity contribution in [3.05, 3.63) is 57.8 Å². The minimum absolute atomic E-state index is 0.163. The predicted octanol–water partition coefficient (Wildman–Crippen LogP) is 3.20. The molecule has 0 aliphatic carbocycles. The lowest BCUT2D eigenvalue weighted by molar-refractivity contribution is -0.402. The Morgan fingerprint density at radius 3 is 2.69 bits per heavy atom. The van der Waals surface area contributed by atoms with Crippen LogP contribution in [0.1, 0.15) is 15.9 Å². The number of benzene rings is 1. The second-order valence-corrected chi connectivity index (χ2v) is 7.88. The van der Waals surface area contributed by atoms with E-state index in [1.54, 1.807) is 0 Å². The lowest BCUT2D eigenvalue weighted by atomic mass is 10.2. The number of hydrazone groups is 1. The highest BCUT2D eigenvalue weighted by Crippen LogP contribution is 2.45. The van der Waals surface area contributed by atoms with Gasteiger partial charge in [0.25, 0.3) is 5.91 Å². The van der Waals surface area contributed by atoms with Crippen molar-refractivity contribution in [3.63, 3.8) is 0 Å². The Morgan fingerprint density at radius 2 is 2.04 bits per heavy atom. The van der Waals surface area contributed by atoms with Crippen molar-refractivity contribution in [2.45, 2.75) is 4.58 Å². The van der Waals surface area contributed by atoms with E-state index in [0.717, 1.165) is 0 Å². The molecule has 0 bridgehead atoms. The molecule has 0 atom stereocenters. The Labute approximate surface area is 157 Å². The lowest BCUT2D eigenvalue weighted by Crippen LogP contribution is -2.24. The molecular weight excluding hydrogens is 378 g/mol. The minimum Gasteiger partial charge on any atom is -0.484 e. The van der Waals surface area contributed by atoms with Crippen LogP contribution in [0.25, 0.3) is 0 Å². The number of hydrogen-bond acceptors (Lipinski definition) is 8. The van der Waals surface area contributed by atoms with E-state index in [9.17, 15) is 14.9 Å². The highest BCUT2D eigenvalue weighted by atomic mass is 32.2. The van der Waals surface area contributed by atoms with Gasteiger partial charge in [-0.15, -0.1) is 23.5 Å². The summed E-state index contributed by atoms with van der Waals surface area (Å²) in [6.07, 6.45) is 1.18. The van der Waals surface area contributed by atoms with Gasteiger partial charge in [-0.3, -0.25) is 14.9 Å². The number of carbonyl (C=O) groups excluding carboxylic acids is 1. The SMILES string of the molecule is O=C(COc1ccc(C2SCCS2)cc1)N/N=C\c1ccc([N+](=O)[O-])o1. The number of hydrogen-bond donors (Lipinski definition) is 1. The van der Waals surface area contributed by atoms with Gasteiger partial charge in [0.15, 0.2) is 12.4 Å².